The van der Waals surface area contributed by atoms with Crippen molar-refractivity contribution in [1.29, 1.82) is 0 Å². The van der Waals surface area contributed by atoms with E-state index in [-0.39, 0.29) is 0 Å². The van der Waals surface area contributed by atoms with Gasteiger partial charge in [0.05, 0.1) is 11.0 Å². The lowest BCUT2D eigenvalue weighted by molar-refractivity contribution is 0.292. The first kappa shape index (κ1) is 21.4. The molecule has 1 N–H and O–H groups in total. The molecule has 0 amide bonds. The Bertz CT molecular complexity index is 1200. The summed E-state index contributed by atoms with van der Waals surface area (Å²) in [6.07, 6.45) is 1.10. The number of ether oxygens (including phenoxy) is 1. The maximum atomic E-state index is 6.06. The molecule has 0 bridgehead atoms. The summed E-state index contributed by atoms with van der Waals surface area (Å²) in [5.41, 5.74) is 4.76. The normalized spacial score (nSPS) is 16.0. The van der Waals surface area contributed by atoms with E-state index in [1.807, 2.05) is 11.8 Å². The Balaban J connectivity index is 1.25. The second-order valence-corrected chi connectivity index (χ2v) is 10.6. The molecule has 6 heteroatoms. The number of hydrogen-bond donors (Lipinski definition) is 1. The fourth-order valence-corrected chi connectivity index (χ4v) is 5.74. The minimum atomic E-state index is 0.452. The van der Waals surface area contributed by atoms with Crippen LogP contribution >= 0.6 is 23.5 Å². The van der Waals surface area contributed by atoms with Crippen molar-refractivity contribution in [2.75, 3.05) is 12.4 Å². The first-order valence-corrected chi connectivity index (χ1v) is 12.7. The van der Waals surface area contributed by atoms with Gasteiger partial charge in [-0.2, -0.15) is 0 Å². The van der Waals surface area contributed by atoms with Gasteiger partial charge < -0.3 is 14.6 Å². The van der Waals surface area contributed by atoms with Gasteiger partial charge in [0.2, 0.25) is 0 Å². The number of thioether (sulfide) groups is 1. The van der Waals surface area contributed by atoms with Crippen LogP contribution < -0.4 is 10.1 Å². The van der Waals surface area contributed by atoms with Crippen molar-refractivity contribution < 1.29 is 4.74 Å². The van der Waals surface area contributed by atoms with Gasteiger partial charge in [-0.1, -0.05) is 41.6 Å². The Labute approximate surface area is 197 Å². The molecule has 5 rings (SSSR count). The zero-order valence-corrected chi connectivity index (χ0v) is 20.0. The van der Waals surface area contributed by atoms with E-state index in [0.717, 1.165) is 41.4 Å². The molecular formula is C26H27N3OS2. The lowest BCUT2D eigenvalue weighted by Gasteiger charge is -2.10. The number of fused-ring (bicyclic) bond motifs is 1. The van der Waals surface area contributed by atoms with Gasteiger partial charge in [-0.15, -0.1) is 11.8 Å². The average molecular weight is 462 g/mol. The molecule has 1 fully saturated rings. The molecule has 1 aromatic heterocycles. The second kappa shape index (κ2) is 9.61. The van der Waals surface area contributed by atoms with Crippen LogP contribution in [0.4, 0.5) is 0 Å². The second-order valence-electron chi connectivity index (χ2n) is 8.18. The quantitative estimate of drug-likeness (QED) is 0.376. The lowest BCUT2D eigenvalue weighted by Crippen LogP contribution is -2.14. The smallest absolute Gasteiger partial charge is 0.147 e. The molecule has 32 heavy (non-hydrogen) atoms. The monoisotopic (exact) mass is 461 g/mol. The van der Waals surface area contributed by atoms with Gasteiger partial charge in [-0.25, -0.2) is 4.98 Å². The Morgan fingerprint density at radius 2 is 1.84 bits per heavy atom. The molecule has 0 radical (unpaired) electrons. The molecule has 1 unspecified atom stereocenters. The summed E-state index contributed by atoms with van der Waals surface area (Å²) in [7, 11) is 2.06. The standard InChI is InChI=1S/C26H27N3OS2/c1-18-3-9-21(10-4-18)32-22-11-12-24-25(14-22)29(2)26(28-24)16-30-20-7-5-19(6-8-20)13-23-15-27-17-31-23/h3-12,14,23,27H,13,15-17H2,1-2H3. The summed E-state index contributed by atoms with van der Waals surface area (Å²) in [6.45, 7) is 3.66. The van der Waals surface area contributed by atoms with Crippen LogP contribution in [0.15, 0.2) is 76.5 Å². The van der Waals surface area contributed by atoms with Gasteiger partial charge in [-0.3, -0.25) is 0 Å². The van der Waals surface area contributed by atoms with Crippen LogP contribution in [0.3, 0.4) is 0 Å². The van der Waals surface area contributed by atoms with Gasteiger partial charge in [0.25, 0.3) is 0 Å². The molecule has 1 atom stereocenters. The van der Waals surface area contributed by atoms with E-state index < -0.39 is 0 Å². The van der Waals surface area contributed by atoms with E-state index >= 15 is 0 Å². The fraction of sp³-hybridized carbons (Fsp3) is 0.269. The third kappa shape index (κ3) is 4.98. The molecular weight excluding hydrogens is 434 g/mol. The van der Waals surface area contributed by atoms with Crippen molar-refractivity contribution >= 4 is 34.6 Å². The van der Waals surface area contributed by atoms with Crippen molar-refractivity contribution in [1.82, 2.24) is 14.9 Å². The fourth-order valence-electron chi connectivity index (χ4n) is 3.87. The molecule has 3 aromatic carbocycles. The van der Waals surface area contributed by atoms with Crippen molar-refractivity contribution in [3.05, 3.63) is 83.7 Å². The summed E-state index contributed by atoms with van der Waals surface area (Å²) in [6, 6.07) is 23.6. The molecule has 0 aliphatic carbocycles. The molecule has 0 spiro atoms. The molecule has 1 saturated heterocycles. The van der Waals surface area contributed by atoms with E-state index in [9.17, 15) is 0 Å². The summed E-state index contributed by atoms with van der Waals surface area (Å²) < 4.78 is 8.19. The summed E-state index contributed by atoms with van der Waals surface area (Å²) in [5.74, 6) is 2.87. The topological polar surface area (TPSA) is 39.1 Å². The first-order valence-electron chi connectivity index (χ1n) is 10.9. The molecule has 4 nitrogen and oxygen atoms in total. The van der Waals surface area contributed by atoms with Gasteiger partial charge in [-0.05, 0) is 61.4 Å². The van der Waals surface area contributed by atoms with Gasteiger partial charge >= 0.3 is 0 Å². The van der Waals surface area contributed by atoms with Gasteiger partial charge in [0.1, 0.15) is 18.2 Å². The van der Waals surface area contributed by atoms with Crippen LogP contribution in [0.25, 0.3) is 11.0 Å². The van der Waals surface area contributed by atoms with E-state index in [2.05, 4.69) is 90.6 Å². The van der Waals surface area contributed by atoms with Crippen LogP contribution in [0.2, 0.25) is 0 Å². The van der Waals surface area contributed by atoms with Crippen LogP contribution in [0.1, 0.15) is 17.0 Å². The number of nitrogens with zero attached hydrogens (tertiary/aromatic N) is 2. The summed E-state index contributed by atoms with van der Waals surface area (Å²) in [4.78, 5) is 7.25. The maximum absolute atomic E-state index is 6.06. The maximum Gasteiger partial charge on any atom is 0.147 e. The van der Waals surface area contributed by atoms with Crippen LogP contribution in [0.5, 0.6) is 5.75 Å². The van der Waals surface area contributed by atoms with Crippen LogP contribution in [0, 0.1) is 6.92 Å². The third-order valence-electron chi connectivity index (χ3n) is 5.75. The Morgan fingerprint density at radius 1 is 1.06 bits per heavy atom. The SMILES string of the molecule is Cc1ccc(Sc2ccc3nc(COc4ccc(CC5CNCS5)cc4)n(C)c3c2)cc1. The Morgan fingerprint density at radius 3 is 2.59 bits per heavy atom. The van der Waals surface area contributed by atoms with E-state index in [0.29, 0.717) is 11.9 Å². The van der Waals surface area contributed by atoms with Crippen LogP contribution in [-0.2, 0) is 20.1 Å². The van der Waals surface area contributed by atoms with Crippen molar-refractivity contribution in [2.24, 2.45) is 7.05 Å². The van der Waals surface area contributed by atoms with Crippen molar-refractivity contribution in [3.8, 4) is 5.75 Å². The van der Waals surface area contributed by atoms with E-state index in [1.165, 1.54) is 20.9 Å². The number of aryl methyl sites for hydroxylation is 2. The number of imidazole rings is 1. The number of hydrogen-bond acceptors (Lipinski definition) is 5. The highest BCUT2D eigenvalue weighted by Gasteiger charge is 2.15. The predicted molar refractivity (Wildman–Crippen MR) is 135 cm³/mol. The molecule has 1 aliphatic heterocycles. The number of benzene rings is 3. The molecule has 2 heterocycles. The number of nitrogens with one attached hydrogen (secondary N) is 1. The van der Waals surface area contributed by atoms with E-state index in [1.54, 1.807) is 11.8 Å². The summed E-state index contributed by atoms with van der Waals surface area (Å²) >= 11 is 3.77. The van der Waals surface area contributed by atoms with Crippen molar-refractivity contribution in [3.63, 3.8) is 0 Å². The third-order valence-corrected chi connectivity index (χ3v) is 7.92. The highest BCUT2D eigenvalue weighted by molar-refractivity contribution is 8.00. The Hall–Kier alpha value is -2.41. The van der Waals surface area contributed by atoms with Gasteiger partial charge in [0.15, 0.2) is 0 Å². The first-order chi connectivity index (χ1) is 15.6. The van der Waals surface area contributed by atoms with E-state index in [4.69, 9.17) is 9.72 Å². The largest absolute Gasteiger partial charge is 0.486 e. The number of aromatic nitrogens is 2. The molecule has 0 saturated carbocycles. The van der Waals surface area contributed by atoms with Crippen molar-refractivity contribution in [2.45, 2.75) is 35.0 Å². The minimum absolute atomic E-state index is 0.452. The number of rotatable bonds is 7. The molecule has 4 aromatic rings. The highest BCUT2D eigenvalue weighted by Crippen LogP contribution is 2.30. The molecule has 164 valence electrons. The Kier molecular flexibility index (Phi) is 6.44. The zero-order chi connectivity index (χ0) is 21.9. The lowest BCUT2D eigenvalue weighted by atomic mass is 10.1. The van der Waals surface area contributed by atoms with Crippen LogP contribution in [-0.4, -0.2) is 27.2 Å². The molecule has 1 aliphatic rings. The zero-order valence-electron chi connectivity index (χ0n) is 18.4. The average Bonchev–Trinajstić information content (AvgIpc) is 3.43. The predicted octanol–water partition coefficient (Wildman–Crippen LogP) is 5.82. The van der Waals surface area contributed by atoms with Gasteiger partial charge in [0, 0.05) is 34.5 Å². The summed E-state index contributed by atoms with van der Waals surface area (Å²) in [5, 5.41) is 4.08. The highest BCUT2D eigenvalue weighted by atomic mass is 32.2. The minimum Gasteiger partial charge on any atom is -0.486 e.